The minimum Gasteiger partial charge on any atom is -0.507 e. The Hall–Kier alpha value is -4.13. The van der Waals surface area contributed by atoms with Crippen molar-refractivity contribution in [1.82, 2.24) is 4.90 Å². The number of likely N-dealkylation sites (tertiary alicyclic amines) is 1. The quantitative estimate of drug-likeness (QED) is 0.231. The number of carbonyl (C=O) groups excluding carboxylic acids is 2. The highest BCUT2D eigenvalue weighted by atomic mass is 19.1. The number of aliphatic hydroxyl groups excluding tert-OH is 1. The number of carbonyl (C=O) groups is 2. The molecule has 0 radical (unpaired) electrons. The summed E-state index contributed by atoms with van der Waals surface area (Å²) in [5.41, 5.74) is 1.88. The van der Waals surface area contributed by atoms with E-state index in [1.165, 1.54) is 17.0 Å². The van der Waals surface area contributed by atoms with Crippen molar-refractivity contribution in [2.45, 2.75) is 39.3 Å². The number of nitrogens with zero attached hydrogens (tertiary/aromatic N) is 1. The lowest BCUT2D eigenvalue weighted by Gasteiger charge is -2.26. The highest BCUT2D eigenvalue weighted by molar-refractivity contribution is 6.46. The molecule has 37 heavy (non-hydrogen) atoms. The number of aliphatic hydroxyl groups is 1. The van der Waals surface area contributed by atoms with E-state index in [-0.39, 0.29) is 29.8 Å². The van der Waals surface area contributed by atoms with Crippen LogP contribution in [0.3, 0.4) is 0 Å². The molecule has 3 aromatic rings. The second-order valence-corrected chi connectivity index (χ2v) is 9.07. The molecule has 0 saturated carbocycles. The number of hydrogen-bond acceptors (Lipinski definition) is 5. The fraction of sp³-hybridized carbons (Fsp3) is 0.267. The van der Waals surface area contributed by atoms with Gasteiger partial charge in [-0.1, -0.05) is 24.3 Å². The van der Waals surface area contributed by atoms with E-state index in [0.29, 0.717) is 35.7 Å². The van der Waals surface area contributed by atoms with Crippen LogP contribution in [0.4, 0.5) is 4.39 Å². The number of halogens is 1. The summed E-state index contributed by atoms with van der Waals surface area (Å²) in [5.74, 6) is -0.834. The lowest BCUT2D eigenvalue weighted by molar-refractivity contribution is -0.139. The van der Waals surface area contributed by atoms with Gasteiger partial charge in [0.25, 0.3) is 11.7 Å². The molecule has 3 aromatic carbocycles. The monoisotopic (exact) mass is 503 g/mol. The van der Waals surface area contributed by atoms with Crippen LogP contribution in [0.25, 0.3) is 5.76 Å². The van der Waals surface area contributed by atoms with Crippen LogP contribution in [0.5, 0.6) is 11.5 Å². The standard InChI is InChI=1S/C30H30FNO5/c1-4-36-24-14-10-21(11-15-24)28(33)26-27(22-6-5-7-25(18-22)37-19(2)3)32(30(35)29(26)34)17-16-20-8-12-23(31)13-9-20/h5-15,18-19,27,33H,4,16-17H2,1-3H3/b28-26-. The number of rotatable bonds is 9. The molecule has 1 unspecified atom stereocenters. The van der Waals surface area contributed by atoms with Crippen molar-refractivity contribution in [2.24, 2.45) is 0 Å². The number of benzene rings is 3. The highest BCUT2D eigenvalue weighted by Crippen LogP contribution is 2.40. The zero-order valence-corrected chi connectivity index (χ0v) is 21.1. The van der Waals surface area contributed by atoms with Gasteiger partial charge in [0.2, 0.25) is 0 Å². The molecule has 1 heterocycles. The van der Waals surface area contributed by atoms with Crippen molar-refractivity contribution in [3.63, 3.8) is 0 Å². The molecule has 1 N–H and O–H groups in total. The van der Waals surface area contributed by atoms with Gasteiger partial charge >= 0.3 is 0 Å². The molecule has 192 valence electrons. The Labute approximate surface area is 215 Å². The summed E-state index contributed by atoms with van der Waals surface area (Å²) < 4.78 is 24.7. The third kappa shape index (κ3) is 5.82. The van der Waals surface area contributed by atoms with Crippen LogP contribution in [0.15, 0.2) is 78.4 Å². The second kappa shape index (κ2) is 11.3. The van der Waals surface area contributed by atoms with Crippen LogP contribution in [0.2, 0.25) is 0 Å². The maximum absolute atomic E-state index is 13.4. The second-order valence-electron chi connectivity index (χ2n) is 9.07. The number of hydrogen-bond donors (Lipinski definition) is 1. The fourth-order valence-corrected chi connectivity index (χ4v) is 4.42. The fourth-order valence-electron chi connectivity index (χ4n) is 4.42. The molecule has 1 aliphatic heterocycles. The van der Waals surface area contributed by atoms with Gasteiger partial charge in [-0.3, -0.25) is 9.59 Å². The molecule has 1 aliphatic rings. The van der Waals surface area contributed by atoms with E-state index in [1.807, 2.05) is 20.8 Å². The third-order valence-electron chi connectivity index (χ3n) is 6.08. The topological polar surface area (TPSA) is 76.1 Å². The van der Waals surface area contributed by atoms with Gasteiger partial charge in [0, 0.05) is 12.1 Å². The van der Waals surface area contributed by atoms with Crippen molar-refractivity contribution in [3.05, 3.63) is 101 Å². The summed E-state index contributed by atoms with van der Waals surface area (Å²) >= 11 is 0. The predicted octanol–water partition coefficient (Wildman–Crippen LogP) is 5.68. The number of Topliss-reactive ketones (excluding diaryl/α,β-unsaturated/α-hetero) is 1. The van der Waals surface area contributed by atoms with Gasteiger partial charge in [-0.05, 0) is 86.8 Å². The van der Waals surface area contributed by atoms with Gasteiger partial charge in [0.1, 0.15) is 23.1 Å². The Morgan fingerprint density at radius 2 is 1.70 bits per heavy atom. The van der Waals surface area contributed by atoms with E-state index >= 15 is 0 Å². The first-order valence-corrected chi connectivity index (χ1v) is 12.3. The van der Waals surface area contributed by atoms with Gasteiger partial charge in [-0.2, -0.15) is 0 Å². The van der Waals surface area contributed by atoms with Gasteiger partial charge in [-0.25, -0.2) is 4.39 Å². The number of ketones is 1. The Bertz CT molecular complexity index is 1300. The largest absolute Gasteiger partial charge is 0.507 e. The predicted molar refractivity (Wildman–Crippen MR) is 139 cm³/mol. The van der Waals surface area contributed by atoms with E-state index in [9.17, 15) is 19.1 Å². The summed E-state index contributed by atoms with van der Waals surface area (Å²) in [7, 11) is 0. The summed E-state index contributed by atoms with van der Waals surface area (Å²) in [6.07, 6.45) is 0.346. The smallest absolute Gasteiger partial charge is 0.295 e. The first-order chi connectivity index (χ1) is 17.8. The average molecular weight is 504 g/mol. The van der Waals surface area contributed by atoms with Gasteiger partial charge < -0.3 is 19.5 Å². The van der Waals surface area contributed by atoms with Crippen molar-refractivity contribution >= 4 is 17.4 Å². The lowest BCUT2D eigenvalue weighted by Crippen LogP contribution is -2.31. The van der Waals surface area contributed by atoms with Gasteiger partial charge in [0.05, 0.1) is 24.3 Å². The highest BCUT2D eigenvalue weighted by Gasteiger charge is 2.46. The lowest BCUT2D eigenvalue weighted by atomic mass is 9.95. The van der Waals surface area contributed by atoms with Crippen molar-refractivity contribution < 1.29 is 28.6 Å². The van der Waals surface area contributed by atoms with E-state index < -0.39 is 17.7 Å². The average Bonchev–Trinajstić information content (AvgIpc) is 3.13. The van der Waals surface area contributed by atoms with Gasteiger partial charge in [0.15, 0.2) is 0 Å². The Balaban J connectivity index is 1.76. The van der Waals surface area contributed by atoms with Crippen LogP contribution < -0.4 is 9.47 Å². The maximum Gasteiger partial charge on any atom is 0.295 e. The molecule has 1 saturated heterocycles. The molecule has 7 heteroatoms. The minimum absolute atomic E-state index is 0.00922. The van der Waals surface area contributed by atoms with E-state index in [0.717, 1.165) is 5.56 Å². The van der Waals surface area contributed by atoms with Crippen LogP contribution in [0, 0.1) is 5.82 Å². The SMILES string of the molecule is CCOc1ccc(/C(O)=C2/C(=O)C(=O)N(CCc3ccc(F)cc3)C2c2cccc(OC(C)C)c2)cc1. The van der Waals surface area contributed by atoms with Crippen LogP contribution in [0.1, 0.15) is 43.5 Å². The molecular formula is C30H30FNO5. The molecular weight excluding hydrogens is 473 g/mol. The molecule has 4 rings (SSSR count). The Morgan fingerprint density at radius 1 is 1.00 bits per heavy atom. The zero-order valence-electron chi connectivity index (χ0n) is 21.1. The Morgan fingerprint density at radius 3 is 2.35 bits per heavy atom. The van der Waals surface area contributed by atoms with Crippen LogP contribution in [-0.2, 0) is 16.0 Å². The molecule has 0 spiro atoms. The van der Waals surface area contributed by atoms with E-state index in [1.54, 1.807) is 60.7 Å². The first kappa shape index (κ1) is 25.9. The molecule has 1 amide bonds. The summed E-state index contributed by atoms with van der Waals surface area (Å²) in [6.45, 7) is 6.40. The molecule has 6 nitrogen and oxygen atoms in total. The molecule has 0 bridgehead atoms. The molecule has 0 aromatic heterocycles. The molecule has 1 fully saturated rings. The summed E-state index contributed by atoms with van der Waals surface area (Å²) in [6, 6.07) is 19.1. The Kier molecular flexibility index (Phi) is 7.92. The molecule has 1 atom stereocenters. The summed E-state index contributed by atoms with van der Waals surface area (Å²) in [5, 5.41) is 11.3. The molecule has 0 aliphatic carbocycles. The maximum atomic E-state index is 13.4. The van der Waals surface area contributed by atoms with Crippen LogP contribution in [-0.4, -0.2) is 41.0 Å². The van der Waals surface area contributed by atoms with Gasteiger partial charge in [-0.15, -0.1) is 0 Å². The van der Waals surface area contributed by atoms with Crippen molar-refractivity contribution in [2.75, 3.05) is 13.2 Å². The normalized spacial score (nSPS) is 16.9. The number of amides is 1. The van der Waals surface area contributed by atoms with Crippen LogP contribution >= 0.6 is 0 Å². The zero-order chi connectivity index (χ0) is 26.5. The third-order valence-corrected chi connectivity index (χ3v) is 6.08. The van der Waals surface area contributed by atoms with E-state index in [2.05, 4.69) is 0 Å². The van der Waals surface area contributed by atoms with Crippen molar-refractivity contribution in [1.29, 1.82) is 0 Å². The number of ether oxygens (including phenoxy) is 2. The summed E-state index contributed by atoms with van der Waals surface area (Å²) in [4.78, 5) is 28.0. The van der Waals surface area contributed by atoms with Crippen molar-refractivity contribution in [3.8, 4) is 11.5 Å². The first-order valence-electron chi connectivity index (χ1n) is 12.3. The minimum atomic E-state index is -0.817. The van der Waals surface area contributed by atoms with E-state index in [4.69, 9.17) is 9.47 Å².